The molecule has 26 heavy (non-hydrogen) atoms. The summed E-state index contributed by atoms with van der Waals surface area (Å²) >= 11 is 0. The first kappa shape index (κ1) is 23.6. The molecule has 0 radical (unpaired) electrons. The van der Waals surface area contributed by atoms with Crippen LogP contribution >= 0.6 is 0 Å². The molecule has 0 unspecified atom stereocenters. The fourth-order valence-corrected chi connectivity index (χ4v) is 3.03. The topological polar surface area (TPSA) is 86.7 Å². The van der Waals surface area contributed by atoms with Crippen LogP contribution in [0.25, 0.3) is 0 Å². The quantitative estimate of drug-likeness (QED) is 0.388. The molecule has 0 saturated heterocycles. The molecule has 0 aliphatic heterocycles. The van der Waals surface area contributed by atoms with E-state index in [1.165, 1.54) is 49.6 Å². The average molecular weight is 403 g/mol. The van der Waals surface area contributed by atoms with Crippen molar-refractivity contribution in [1.82, 2.24) is 0 Å². The summed E-state index contributed by atoms with van der Waals surface area (Å²) in [5, 5.41) is 11.9. The summed E-state index contributed by atoms with van der Waals surface area (Å²) in [6.45, 7) is 2.17. The van der Waals surface area contributed by atoms with Gasteiger partial charge in [-0.25, -0.2) is 0 Å². The minimum Gasteiger partial charge on any atom is -0.872 e. The van der Waals surface area contributed by atoms with Gasteiger partial charge in [0.2, 0.25) is 0 Å². The summed E-state index contributed by atoms with van der Waals surface area (Å²) in [4.78, 5) is -0.192. The van der Waals surface area contributed by atoms with Gasteiger partial charge in [-0.1, -0.05) is 44.2 Å². The van der Waals surface area contributed by atoms with Crippen LogP contribution in [0.1, 0.15) is 44.6 Å². The molecular formula is C19H23KO5S. The first-order valence-electron chi connectivity index (χ1n) is 8.45. The molecule has 5 nitrogen and oxygen atoms in total. The van der Waals surface area contributed by atoms with Crippen molar-refractivity contribution in [2.24, 2.45) is 0 Å². The summed E-state index contributed by atoms with van der Waals surface area (Å²) in [6.07, 6.45) is 6.39. The van der Waals surface area contributed by atoms with E-state index in [1.807, 2.05) is 0 Å². The molecule has 136 valence electrons. The maximum atomic E-state index is 11.9. The number of aryl methyl sites for hydroxylation is 1. The smallest absolute Gasteiger partial charge is 0.872 e. The summed E-state index contributed by atoms with van der Waals surface area (Å²) in [5.41, 5.74) is 0.726. The molecule has 2 rings (SSSR count). The van der Waals surface area contributed by atoms with Gasteiger partial charge in [-0.05, 0) is 49.2 Å². The minimum absolute atomic E-state index is 0. The molecule has 0 aliphatic carbocycles. The van der Waals surface area contributed by atoms with Crippen molar-refractivity contribution in [2.45, 2.75) is 50.3 Å². The molecule has 0 heterocycles. The zero-order valence-corrected chi connectivity index (χ0v) is 19.2. The molecular weight excluding hydrogens is 379 g/mol. The molecule has 0 atom stereocenters. The van der Waals surface area contributed by atoms with Crippen LogP contribution in [0.3, 0.4) is 0 Å². The second-order valence-corrected chi connectivity index (χ2v) is 7.40. The Balaban J connectivity index is 0.00000338. The monoisotopic (exact) mass is 402 g/mol. The van der Waals surface area contributed by atoms with Crippen LogP contribution in [-0.2, 0) is 16.5 Å². The van der Waals surface area contributed by atoms with Crippen molar-refractivity contribution in [3.63, 3.8) is 0 Å². The molecule has 7 heteroatoms. The summed E-state index contributed by atoms with van der Waals surface area (Å²) < 4.78 is 36.7. The third-order valence-electron chi connectivity index (χ3n) is 3.94. The van der Waals surface area contributed by atoms with Crippen molar-refractivity contribution >= 4 is 10.1 Å². The largest absolute Gasteiger partial charge is 1.00 e. The van der Waals surface area contributed by atoms with E-state index in [1.54, 1.807) is 12.1 Å². The van der Waals surface area contributed by atoms with Crippen LogP contribution in [0, 0.1) is 0 Å². The van der Waals surface area contributed by atoms with E-state index < -0.39 is 10.1 Å². The number of ether oxygens (including phenoxy) is 1. The minimum atomic E-state index is -4.22. The van der Waals surface area contributed by atoms with Gasteiger partial charge >= 0.3 is 51.4 Å². The molecule has 2 aromatic rings. The summed E-state index contributed by atoms with van der Waals surface area (Å²) in [7, 11) is -4.22. The van der Waals surface area contributed by atoms with Gasteiger partial charge in [-0.2, -0.15) is 8.42 Å². The number of hydrogen-bond acceptors (Lipinski definition) is 4. The Morgan fingerprint density at radius 2 is 1.58 bits per heavy atom. The molecule has 0 bridgehead atoms. The SMILES string of the molecule is CCCCCCCc1cc(Oc2ccc(S(=O)(=O)O)cc2)ccc1[O-].[K+]. The van der Waals surface area contributed by atoms with E-state index >= 15 is 0 Å². The average Bonchev–Trinajstić information content (AvgIpc) is 2.57. The molecule has 1 N–H and O–H groups in total. The van der Waals surface area contributed by atoms with Gasteiger partial charge in [-0.3, -0.25) is 4.55 Å². The van der Waals surface area contributed by atoms with Crippen LogP contribution in [0.2, 0.25) is 0 Å². The molecule has 0 spiro atoms. The Hall–Kier alpha value is -0.414. The molecule has 0 amide bonds. The van der Waals surface area contributed by atoms with Crippen molar-refractivity contribution < 1.29 is 74.2 Å². The Labute approximate surface area is 198 Å². The fraction of sp³-hybridized carbons (Fsp3) is 0.368. The van der Waals surface area contributed by atoms with E-state index in [0.717, 1.165) is 24.8 Å². The Bertz CT molecular complexity index is 788. The number of hydrogen-bond donors (Lipinski definition) is 1. The van der Waals surface area contributed by atoms with Crippen molar-refractivity contribution in [3.8, 4) is 17.2 Å². The van der Waals surface area contributed by atoms with Crippen LogP contribution < -0.4 is 61.2 Å². The van der Waals surface area contributed by atoms with E-state index in [9.17, 15) is 13.5 Å². The van der Waals surface area contributed by atoms with Crippen LogP contribution in [0.4, 0.5) is 0 Å². The van der Waals surface area contributed by atoms with Gasteiger partial charge in [0.25, 0.3) is 10.1 Å². The van der Waals surface area contributed by atoms with E-state index in [-0.39, 0.29) is 62.0 Å². The van der Waals surface area contributed by atoms with Crippen LogP contribution in [0.15, 0.2) is 47.4 Å². The van der Waals surface area contributed by atoms with E-state index in [4.69, 9.17) is 9.29 Å². The fourth-order valence-electron chi connectivity index (χ4n) is 2.55. The van der Waals surface area contributed by atoms with Gasteiger partial charge in [0.05, 0.1) is 4.90 Å². The predicted octanol–water partition coefficient (Wildman–Crippen LogP) is 1.32. The third-order valence-corrected chi connectivity index (χ3v) is 4.81. The maximum absolute atomic E-state index is 11.9. The van der Waals surface area contributed by atoms with Crippen LogP contribution in [-0.4, -0.2) is 13.0 Å². The maximum Gasteiger partial charge on any atom is 1.00 e. The number of unbranched alkanes of at least 4 members (excludes halogenated alkanes) is 4. The van der Waals surface area contributed by atoms with Crippen molar-refractivity contribution in [3.05, 3.63) is 48.0 Å². The predicted molar refractivity (Wildman–Crippen MR) is 94.7 cm³/mol. The van der Waals surface area contributed by atoms with Gasteiger partial charge in [0.1, 0.15) is 11.5 Å². The van der Waals surface area contributed by atoms with Crippen molar-refractivity contribution in [1.29, 1.82) is 0 Å². The second kappa shape index (κ2) is 11.4. The zero-order chi connectivity index (χ0) is 18.3. The van der Waals surface area contributed by atoms with Crippen molar-refractivity contribution in [2.75, 3.05) is 0 Å². The molecule has 0 aromatic heterocycles. The Kier molecular flexibility index (Phi) is 10.4. The number of benzene rings is 2. The van der Waals surface area contributed by atoms with Crippen LogP contribution in [0.5, 0.6) is 17.2 Å². The standard InChI is InChI=1S/C19H24O5S.K/c1-2-3-4-5-6-7-15-14-17(10-13-19(15)20)24-16-8-11-18(12-9-16)25(21,22)23;/h8-14,20H,2-7H2,1H3,(H,21,22,23);/q;+1/p-1. The van der Waals surface area contributed by atoms with Gasteiger partial charge in [0, 0.05) is 0 Å². The molecule has 2 aromatic carbocycles. The molecule has 0 fully saturated rings. The van der Waals surface area contributed by atoms with E-state index in [0.29, 0.717) is 11.5 Å². The number of rotatable bonds is 9. The third kappa shape index (κ3) is 7.68. The van der Waals surface area contributed by atoms with Gasteiger partial charge in [0.15, 0.2) is 0 Å². The second-order valence-electron chi connectivity index (χ2n) is 5.98. The van der Waals surface area contributed by atoms with Gasteiger partial charge in [-0.15, -0.1) is 5.75 Å². The molecule has 0 saturated carbocycles. The summed E-state index contributed by atoms with van der Waals surface area (Å²) in [5.74, 6) is 0.965. The first-order chi connectivity index (χ1) is 11.9. The van der Waals surface area contributed by atoms with E-state index in [2.05, 4.69) is 6.92 Å². The van der Waals surface area contributed by atoms with Gasteiger partial charge < -0.3 is 9.84 Å². The normalized spacial score (nSPS) is 11.0. The Morgan fingerprint density at radius 3 is 2.19 bits per heavy atom. The summed E-state index contributed by atoms with van der Waals surface area (Å²) in [6, 6.07) is 10.3. The Morgan fingerprint density at radius 1 is 0.962 bits per heavy atom. The zero-order valence-electron chi connectivity index (χ0n) is 15.3. The first-order valence-corrected chi connectivity index (χ1v) is 9.89. The molecule has 0 aliphatic rings.